The van der Waals surface area contributed by atoms with Crippen LogP contribution in [0.15, 0.2) is 23.2 Å². The zero-order valence-electron chi connectivity index (χ0n) is 10.3. The third-order valence-corrected chi connectivity index (χ3v) is 3.94. The van der Waals surface area contributed by atoms with E-state index in [1.165, 1.54) is 12.3 Å². The van der Waals surface area contributed by atoms with Gasteiger partial charge in [-0.25, -0.2) is 18.5 Å². The van der Waals surface area contributed by atoms with Crippen molar-refractivity contribution in [2.75, 3.05) is 11.9 Å². The molecule has 0 bridgehead atoms. The molecule has 100 valence electrons. The van der Waals surface area contributed by atoms with E-state index >= 15 is 0 Å². The normalized spacial score (nSPS) is 24.8. The molecule has 1 fully saturated rings. The quantitative estimate of drug-likeness (QED) is 0.733. The number of sulfonamides is 1. The van der Waals surface area contributed by atoms with E-state index in [2.05, 4.69) is 22.5 Å². The molecule has 2 unspecified atom stereocenters. The van der Waals surface area contributed by atoms with Gasteiger partial charge in [0.25, 0.3) is 0 Å². The molecule has 0 saturated carbocycles. The fraction of sp³-hybridized carbons (Fsp3) is 0.545. The Labute approximate surface area is 107 Å². The third-order valence-electron chi connectivity index (χ3n) is 3.04. The van der Waals surface area contributed by atoms with Crippen molar-refractivity contribution in [3.05, 3.63) is 18.3 Å². The predicted octanol–water partition coefficient (Wildman–Crippen LogP) is 0.281. The monoisotopic (exact) mass is 270 g/mol. The molecule has 1 saturated heterocycles. The molecule has 1 aromatic rings. The summed E-state index contributed by atoms with van der Waals surface area (Å²) >= 11 is 0. The smallest absolute Gasteiger partial charge is 0.239 e. The molecular formula is C11H18N4O2S. The Balaban J connectivity index is 2.02. The summed E-state index contributed by atoms with van der Waals surface area (Å²) in [5, 5.41) is 11.7. The number of hydrogen-bond donors (Lipinski definition) is 3. The highest BCUT2D eigenvalue weighted by molar-refractivity contribution is 7.89. The fourth-order valence-corrected chi connectivity index (χ4v) is 2.56. The lowest BCUT2D eigenvalue weighted by Crippen LogP contribution is -2.41. The van der Waals surface area contributed by atoms with E-state index in [1.807, 2.05) is 0 Å². The van der Waals surface area contributed by atoms with Crippen LogP contribution in [-0.4, -0.2) is 32.0 Å². The number of hydrogen-bond acceptors (Lipinski definition) is 5. The summed E-state index contributed by atoms with van der Waals surface area (Å²) in [5.41, 5.74) is 0. The molecule has 2 atom stereocenters. The van der Waals surface area contributed by atoms with Crippen molar-refractivity contribution in [3.8, 4) is 0 Å². The lowest BCUT2D eigenvalue weighted by molar-refractivity contribution is 0.396. The number of nitrogens with zero attached hydrogens (tertiary/aromatic N) is 1. The molecule has 2 heterocycles. The molecule has 2 rings (SSSR count). The van der Waals surface area contributed by atoms with Gasteiger partial charge in [-0.2, -0.15) is 0 Å². The third kappa shape index (κ3) is 3.41. The summed E-state index contributed by atoms with van der Waals surface area (Å²) in [7, 11) is -3.66. The Kier molecular flexibility index (Phi) is 3.84. The van der Waals surface area contributed by atoms with Crippen LogP contribution in [0.25, 0.3) is 0 Å². The Morgan fingerprint density at radius 1 is 1.50 bits per heavy atom. The van der Waals surface area contributed by atoms with Crippen molar-refractivity contribution in [1.29, 1.82) is 0 Å². The van der Waals surface area contributed by atoms with Gasteiger partial charge in [-0.3, -0.25) is 0 Å². The van der Waals surface area contributed by atoms with E-state index in [0.717, 1.165) is 19.4 Å². The van der Waals surface area contributed by atoms with E-state index in [0.29, 0.717) is 17.9 Å². The summed E-state index contributed by atoms with van der Waals surface area (Å²) in [6.07, 6.45) is 3.34. The highest BCUT2D eigenvalue weighted by atomic mass is 32.2. The van der Waals surface area contributed by atoms with Crippen LogP contribution >= 0.6 is 0 Å². The maximum Gasteiger partial charge on any atom is 0.239 e. The first-order valence-electron chi connectivity index (χ1n) is 5.94. The van der Waals surface area contributed by atoms with Crippen molar-refractivity contribution in [2.45, 2.75) is 36.7 Å². The first kappa shape index (κ1) is 13.3. The largest absolute Gasteiger partial charge is 0.367 e. The summed E-state index contributed by atoms with van der Waals surface area (Å²) in [6, 6.07) is 3.97. The first-order valence-corrected chi connectivity index (χ1v) is 7.48. The minimum atomic E-state index is -3.66. The Morgan fingerprint density at radius 3 is 2.83 bits per heavy atom. The summed E-state index contributed by atoms with van der Waals surface area (Å²) < 4.78 is 22.2. The zero-order chi connectivity index (χ0) is 13.2. The van der Waals surface area contributed by atoms with Gasteiger partial charge in [-0.1, -0.05) is 0 Å². The maximum absolute atomic E-state index is 11.1. The number of primary sulfonamides is 1. The molecule has 18 heavy (non-hydrogen) atoms. The molecule has 0 aromatic carbocycles. The molecular weight excluding hydrogens is 252 g/mol. The SMILES string of the molecule is CC1CC(Nc2ccc(S(N)(=O)=O)cn2)CCN1. The number of nitrogens with one attached hydrogen (secondary N) is 2. The van der Waals surface area contributed by atoms with Crippen LogP contribution in [-0.2, 0) is 10.0 Å². The van der Waals surface area contributed by atoms with Crippen molar-refractivity contribution in [3.63, 3.8) is 0 Å². The molecule has 0 radical (unpaired) electrons. The second kappa shape index (κ2) is 5.21. The molecule has 6 nitrogen and oxygen atoms in total. The second-order valence-electron chi connectivity index (χ2n) is 4.64. The van der Waals surface area contributed by atoms with Gasteiger partial charge in [0.05, 0.1) is 0 Å². The van der Waals surface area contributed by atoms with Crippen LogP contribution in [0, 0.1) is 0 Å². The first-order chi connectivity index (χ1) is 8.45. The molecule has 0 amide bonds. The number of piperidine rings is 1. The number of anilines is 1. The Bertz CT molecular complexity index is 500. The molecule has 1 aliphatic rings. The number of nitrogens with two attached hydrogens (primary N) is 1. The molecule has 7 heteroatoms. The average molecular weight is 270 g/mol. The minimum absolute atomic E-state index is 0.0340. The summed E-state index contributed by atoms with van der Waals surface area (Å²) in [6.45, 7) is 3.12. The van der Waals surface area contributed by atoms with Crippen LogP contribution in [0.4, 0.5) is 5.82 Å². The zero-order valence-corrected chi connectivity index (χ0v) is 11.1. The van der Waals surface area contributed by atoms with Gasteiger partial charge >= 0.3 is 0 Å². The van der Waals surface area contributed by atoms with Crippen molar-refractivity contribution in [1.82, 2.24) is 10.3 Å². The van der Waals surface area contributed by atoms with Gasteiger partial charge in [0, 0.05) is 18.3 Å². The average Bonchev–Trinajstić information content (AvgIpc) is 2.28. The van der Waals surface area contributed by atoms with E-state index in [1.54, 1.807) is 6.07 Å². The summed E-state index contributed by atoms with van der Waals surface area (Å²) in [4.78, 5) is 4.11. The standard InChI is InChI=1S/C11H18N4O2S/c1-8-6-9(4-5-13-8)15-11-3-2-10(7-14-11)18(12,16)17/h2-3,7-9,13H,4-6H2,1H3,(H,14,15)(H2,12,16,17). The minimum Gasteiger partial charge on any atom is -0.367 e. The second-order valence-corrected chi connectivity index (χ2v) is 6.21. The molecule has 4 N–H and O–H groups in total. The predicted molar refractivity (Wildman–Crippen MR) is 69.7 cm³/mol. The number of pyridine rings is 1. The topological polar surface area (TPSA) is 97.1 Å². The van der Waals surface area contributed by atoms with E-state index in [-0.39, 0.29) is 4.90 Å². The molecule has 0 aliphatic carbocycles. The molecule has 0 spiro atoms. The van der Waals surface area contributed by atoms with Gasteiger partial charge in [-0.05, 0) is 38.4 Å². The highest BCUT2D eigenvalue weighted by Crippen LogP contribution is 2.15. The molecule has 1 aliphatic heterocycles. The van der Waals surface area contributed by atoms with E-state index in [9.17, 15) is 8.42 Å². The van der Waals surface area contributed by atoms with Crippen LogP contribution in [0.3, 0.4) is 0 Å². The Hall–Kier alpha value is -1.18. The number of rotatable bonds is 3. The van der Waals surface area contributed by atoms with Gasteiger partial charge in [-0.15, -0.1) is 0 Å². The van der Waals surface area contributed by atoms with Gasteiger partial charge in [0.15, 0.2) is 0 Å². The fourth-order valence-electron chi connectivity index (χ4n) is 2.11. The molecule has 1 aromatic heterocycles. The summed E-state index contributed by atoms with van der Waals surface area (Å²) in [5.74, 6) is 0.682. The van der Waals surface area contributed by atoms with Crippen LogP contribution < -0.4 is 15.8 Å². The van der Waals surface area contributed by atoms with Crippen LogP contribution in [0.2, 0.25) is 0 Å². The highest BCUT2D eigenvalue weighted by Gasteiger charge is 2.18. The van der Waals surface area contributed by atoms with Crippen molar-refractivity contribution >= 4 is 15.8 Å². The van der Waals surface area contributed by atoms with Gasteiger partial charge in [0.2, 0.25) is 10.0 Å². The van der Waals surface area contributed by atoms with Gasteiger partial charge < -0.3 is 10.6 Å². The van der Waals surface area contributed by atoms with Crippen molar-refractivity contribution < 1.29 is 8.42 Å². The maximum atomic E-state index is 11.1. The van der Waals surface area contributed by atoms with E-state index < -0.39 is 10.0 Å². The lowest BCUT2D eigenvalue weighted by atomic mass is 10.0. The number of aromatic nitrogens is 1. The van der Waals surface area contributed by atoms with Crippen molar-refractivity contribution in [2.24, 2.45) is 5.14 Å². The van der Waals surface area contributed by atoms with Crippen LogP contribution in [0.5, 0.6) is 0 Å². The van der Waals surface area contributed by atoms with E-state index in [4.69, 9.17) is 5.14 Å². The van der Waals surface area contributed by atoms with Crippen LogP contribution in [0.1, 0.15) is 19.8 Å². The lowest BCUT2D eigenvalue weighted by Gasteiger charge is -2.29. The Morgan fingerprint density at radius 2 is 2.28 bits per heavy atom. The van der Waals surface area contributed by atoms with Gasteiger partial charge in [0.1, 0.15) is 10.7 Å².